The number of hydrogen-bond acceptors (Lipinski definition) is 6. The molecule has 1 aromatic carbocycles. The smallest absolute Gasteiger partial charge is 0.341 e. The Hall–Kier alpha value is -2.63. The van der Waals surface area contributed by atoms with Gasteiger partial charge in [-0.2, -0.15) is 0 Å². The second-order valence-corrected chi connectivity index (χ2v) is 6.54. The largest absolute Gasteiger partial charge is 0.493 e. The van der Waals surface area contributed by atoms with Gasteiger partial charge in [0.15, 0.2) is 17.3 Å². The third-order valence-corrected chi connectivity index (χ3v) is 4.43. The Morgan fingerprint density at radius 2 is 1.61 bits per heavy atom. The summed E-state index contributed by atoms with van der Waals surface area (Å²) in [7, 11) is 4.23. The van der Waals surface area contributed by atoms with Crippen LogP contribution in [-0.4, -0.2) is 38.9 Å². The van der Waals surface area contributed by atoms with E-state index in [1.54, 1.807) is 12.1 Å². The fraction of sp³-hybridized carbons (Fsp3) is 0.500. The molecule has 0 aromatic heterocycles. The van der Waals surface area contributed by atoms with Gasteiger partial charge in [-0.15, -0.1) is 0 Å². The molecule has 0 aliphatic rings. The molecular weight excluding hydrogens is 360 g/mol. The number of benzene rings is 1. The number of ether oxygens (including phenoxy) is 3. The Bertz CT molecular complexity index is 733. The maximum atomic E-state index is 12.4. The molecule has 1 aromatic rings. The summed E-state index contributed by atoms with van der Waals surface area (Å²) in [4.78, 5) is 36.2. The third-order valence-electron chi connectivity index (χ3n) is 4.43. The van der Waals surface area contributed by atoms with Crippen molar-refractivity contribution >= 4 is 23.6 Å². The first-order valence-electron chi connectivity index (χ1n) is 9.45. The van der Waals surface area contributed by atoms with Crippen molar-refractivity contribution in [2.45, 2.75) is 52.4 Å². The lowest BCUT2D eigenvalue weighted by molar-refractivity contribution is -0.137. The van der Waals surface area contributed by atoms with E-state index in [0.717, 1.165) is 25.7 Å². The molecule has 0 fully saturated rings. The number of hydrogen-bond donors (Lipinski definition) is 0. The summed E-state index contributed by atoms with van der Waals surface area (Å²) in [6.07, 6.45) is 6.22. The van der Waals surface area contributed by atoms with Crippen molar-refractivity contribution in [3.05, 3.63) is 28.8 Å². The molecule has 0 unspecified atom stereocenters. The van der Waals surface area contributed by atoms with Gasteiger partial charge in [0.1, 0.15) is 11.4 Å². The molecule has 0 heterocycles. The highest BCUT2D eigenvalue weighted by Crippen LogP contribution is 2.32. The summed E-state index contributed by atoms with van der Waals surface area (Å²) in [5, 5.41) is 0. The van der Waals surface area contributed by atoms with E-state index in [0.29, 0.717) is 29.0 Å². The van der Waals surface area contributed by atoms with E-state index >= 15 is 0 Å². The van der Waals surface area contributed by atoms with Crippen molar-refractivity contribution in [2.75, 3.05) is 21.3 Å². The minimum atomic E-state index is -0.723. The number of methoxy groups -OCH3 is 3. The molecule has 1 rings (SSSR count). The fourth-order valence-corrected chi connectivity index (χ4v) is 2.84. The maximum absolute atomic E-state index is 12.4. The van der Waals surface area contributed by atoms with Crippen LogP contribution in [0.1, 0.15) is 57.1 Å². The van der Waals surface area contributed by atoms with E-state index in [9.17, 15) is 14.4 Å². The highest BCUT2D eigenvalue weighted by molar-refractivity contribution is 6.19. The standard InChI is InChI=1S/C22H30O6/c1-6-7-8-9-10-18(24)11-16-13-20(26-3)21(27-4)14-17(16)12-19(15(2)23)22(25)28-5/h12-14H,6-11H2,1-5H3/b19-12-. The molecule has 0 bridgehead atoms. The van der Waals surface area contributed by atoms with Crippen molar-refractivity contribution in [3.8, 4) is 11.5 Å². The molecule has 0 saturated heterocycles. The first-order valence-corrected chi connectivity index (χ1v) is 9.45. The zero-order valence-electron chi connectivity index (χ0n) is 17.4. The second-order valence-electron chi connectivity index (χ2n) is 6.54. The molecule has 6 heteroatoms. The summed E-state index contributed by atoms with van der Waals surface area (Å²) >= 11 is 0. The summed E-state index contributed by atoms with van der Waals surface area (Å²) < 4.78 is 15.3. The Kier molecular flexibility index (Phi) is 9.99. The molecule has 6 nitrogen and oxygen atoms in total. The normalized spacial score (nSPS) is 11.1. The van der Waals surface area contributed by atoms with E-state index in [-0.39, 0.29) is 17.8 Å². The number of carbonyl (C=O) groups excluding carboxylic acids is 3. The van der Waals surface area contributed by atoms with E-state index < -0.39 is 11.8 Å². The van der Waals surface area contributed by atoms with Gasteiger partial charge >= 0.3 is 5.97 Å². The quantitative estimate of drug-likeness (QED) is 0.177. The summed E-state index contributed by atoms with van der Waals surface area (Å²) in [5.41, 5.74) is 1.13. The van der Waals surface area contributed by atoms with Crippen molar-refractivity contribution in [3.63, 3.8) is 0 Å². The maximum Gasteiger partial charge on any atom is 0.341 e. The molecule has 0 atom stereocenters. The van der Waals surface area contributed by atoms with Crippen LogP contribution in [0.4, 0.5) is 0 Å². The average molecular weight is 390 g/mol. The summed E-state index contributed by atoms with van der Waals surface area (Å²) in [6.45, 7) is 3.42. The Labute approximate surface area is 166 Å². The van der Waals surface area contributed by atoms with Crippen LogP contribution in [0.3, 0.4) is 0 Å². The first kappa shape index (κ1) is 23.4. The zero-order valence-corrected chi connectivity index (χ0v) is 17.4. The molecule has 0 radical (unpaired) electrons. The van der Waals surface area contributed by atoms with Gasteiger partial charge in [-0.1, -0.05) is 26.2 Å². The van der Waals surface area contributed by atoms with Gasteiger partial charge < -0.3 is 14.2 Å². The van der Waals surface area contributed by atoms with Crippen LogP contribution in [0.15, 0.2) is 17.7 Å². The van der Waals surface area contributed by atoms with E-state index in [1.807, 2.05) is 0 Å². The minimum Gasteiger partial charge on any atom is -0.493 e. The molecule has 0 saturated carbocycles. The van der Waals surface area contributed by atoms with Crippen LogP contribution < -0.4 is 9.47 Å². The molecule has 154 valence electrons. The molecule has 0 spiro atoms. The van der Waals surface area contributed by atoms with Crippen molar-refractivity contribution in [1.82, 2.24) is 0 Å². The lowest BCUT2D eigenvalue weighted by atomic mass is 9.96. The number of unbranched alkanes of at least 4 members (excludes halogenated alkanes) is 3. The van der Waals surface area contributed by atoms with E-state index in [2.05, 4.69) is 6.92 Å². The van der Waals surface area contributed by atoms with Gasteiger partial charge in [0.05, 0.1) is 21.3 Å². The van der Waals surface area contributed by atoms with Gasteiger partial charge in [0.2, 0.25) is 0 Å². The fourth-order valence-electron chi connectivity index (χ4n) is 2.84. The van der Waals surface area contributed by atoms with Crippen molar-refractivity contribution in [1.29, 1.82) is 0 Å². The van der Waals surface area contributed by atoms with Crippen molar-refractivity contribution in [2.24, 2.45) is 0 Å². The molecule has 0 amide bonds. The average Bonchev–Trinajstić information content (AvgIpc) is 2.68. The highest BCUT2D eigenvalue weighted by Gasteiger charge is 2.18. The summed E-state index contributed by atoms with van der Waals surface area (Å²) in [5.74, 6) is -0.116. The minimum absolute atomic E-state index is 0.0913. The zero-order chi connectivity index (χ0) is 21.1. The van der Waals surface area contributed by atoms with Gasteiger partial charge in [-0.25, -0.2) is 4.79 Å². The molecule has 28 heavy (non-hydrogen) atoms. The second kappa shape index (κ2) is 12.0. The monoisotopic (exact) mass is 390 g/mol. The molecular formula is C22H30O6. The van der Waals surface area contributed by atoms with Crippen LogP contribution in [0.2, 0.25) is 0 Å². The molecule has 0 N–H and O–H groups in total. The Morgan fingerprint density at radius 1 is 0.964 bits per heavy atom. The molecule has 0 aliphatic carbocycles. The summed E-state index contributed by atoms with van der Waals surface area (Å²) in [6, 6.07) is 3.37. The third kappa shape index (κ3) is 6.83. The first-order chi connectivity index (χ1) is 13.4. The number of Topliss-reactive ketones (excluding diaryl/α,β-unsaturated/α-hetero) is 2. The predicted molar refractivity (Wildman–Crippen MR) is 108 cm³/mol. The van der Waals surface area contributed by atoms with Crippen LogP contribution in [0, 0.1) is 0 Å². The Morgan fingerprint density at radius 3 is 2.14 bits per heavy atom. The van der Waals surface area contributed by atoms with Crippen LogP contribution in [-0.2, 0) is 25.5 Å². The predicted octanol–water partition coefficient (Wildman–Crippen LogP) is 3.93. The van der Waals surface area contributed by atoms with Crippen LogP contribution in [0.25, 0.3) is 6.08 Å². The topological polar surface area (TPSA) is 78.9 Å². The van der Waals surface area contributed by atoms with Gasteiger partial charge in [-0.3, -0.25) is 9.59 Å². The van der Waals surface area contributed by atoms with Crippen molar-refractivity contribution < 1.29 is 28.6 Å². The van der Waals surface area contributed by atoms with E-state index in [1.165, 1.54) is 34.3 Å². The van der Waals surface area contributed by atoms with E-state index in [4.69, 9.17) is 14.2 Å². The SMILES string of the molecule is CCCCCCC(=O)Cc1cc(OC)c(OC)cc1/C=C(/C(C)=O)C(=O)OC. The number of esters is 1. The lowest BCUT2D eigenvalue weighted by Crippen LogP contribution is -2.12. The van der Waals surface area contributed by atoms with Crippen LogP contribution >= 0.6 is 0 Å². The molecule has 0 aliphatic heterocycles. The highest BCUT2D eigenvalue weighted by atomic mass is 16.5. The number of ketones is 2. The number of carbonyl (C=O) groups is 3. The Balaban J connectivity index is 3.27. The van der Waals surface area contributed by atoms with Crippen LogP contribution in [0.5, 0.6) is 11.5 Å². The van der Waals surface area contributed by atoms with Gasteiger partial charge in [0.25, 0.3) is 0 Å². The van der Waals surface area contributed by atoms with Gasteiger partial charge in [-0.05, 0) is 42.7 Å². The van der Waals surface area contributed by atoms with Gasteiger partial charge in [0, 0.05) is 12.8 Å². The number of rotatable bonds is 12. The lowest BCUT2D eigenvalue weighted by Gasteiger charge is -2.14.